The van der Waals surface area contributed by atoms with Gasteiger partial charge in [-0.2, -0.15) is 0 Å². The summed E-state index contributed by atoms with van der Waals surface area (Å²) in [6.07, 6.45) is 4.91. The monoisotopic (exact) mass is 276 g/mol. The molecule has 2 fully saturated rings. The molecule has 2 N–H and O–H groups in total. The van der Waals surface area contributed by atoms with Crippen LogP contribution in [0.4, 0.5) is 11.5 Å². The number of aromatic nitrogens is 1. The number of hydrogen-bond acceptors (Lipinski definition) is 5. The van der Waals surface area contributed by atoms with Gasteiger partial charge in [0.25, 0.3) is 5.69 Å². The average Bonchev–Trinajstić information content (AvgIpc) is 2.83. The van der Waals surface area contributed by atoms with Gasteiger partial charge in [-0.3, -0.25) is 10.1 Å². The van der Waals surface area contributed by atoms with E-state index in [1.54, 1.807) is 6.07 Å². The maximum absolute atomic E-state index is 10.8. The van der Waals surface area contributed by atoms with Gasteiger partial charge >= 0.3 is 0 Å². The van der Waals surface area contributed by atoms with Crippen LogP contribution in [-0.4, -0.2) is 29.0 Å². The van der Waals surface area contributed by atoms with E-state index in [0.29, 0.717) is 11.8 Å². The van der Waals surface area contributed by atoms with Crippen molar-refractivity contribution in [1.82, 2.24) is 4.98 Å². The molecular weight excluding hydrogens is 256 g/mol. The Morgan fingerprint density at radius 1 is 1.45 bits per heavy atom. The molecule has 3 rings (SSSR count). The summed E-state index contributed by atoms with van der Waals surface area (Å²) < 4.78 is 0. The number of nitrogens with zero attached hydrogens (tertiary/aromatic N) is 3. The van der Waals surface area contributed by atoms with Gasteiger partial charge in [0.05, 0.1) is 4.92 Å². The summed E-state index contributed by atoms with van der Waals surface area (Å²) in [6.45, 7) is 3.79. The zero-order valence-electron chi connectivity index (χ0n) is 11.7. The zero-order chi connectivity index (χ0) is 14.3. The van der Waals surface area contributed by atoms with E-state index in [4.69, 9.17) is 5.73 Å². The molecule has 0 bridgehead atoms. The van der Waals surface area contributed by atoms with Crippen molar-refractivity contribution in [3.05, 3.63) is 27.9 Å². The largest absolute Gasteiger partial charge is 0.356 e. The van der Waals surface area contributed by atoms with Gasteiger partial charge in [0.15, 0.2) is 0 Å². The summed E-state index contributed by atoms with van der Waals surface area (Å²) in [7, 11) is 0. The molecule has 0 spiro atoms. The summed E-state index contributed by atoms with van der Waals surface area (Å²) in [4.78, 5) is 16.9. The molecule has 1 aromatic heterocycles. The van der Waals surface area contributed by atoms with Crippen LogP contribution in [-0.2, 0) is 0 Å². The standard InChI is InChI=1S/C14H20N4O2/c1-9-5-11(18(19)20)6-16-14(9)17-7-10-3-2-4-13(15)12(10)8-17/h5-6,10,12-13H,2-4,7-8,15H2,1H3. The Morgan fingerprint density at radius 3 is 2.90 bits per heavy atom. The lowest BCUT2D eigenvalue weighted by molar-refractivity contribution is -0.385. The molecule has 2 heterocycles. The molecule has 0 radical (unpaired) electrons. The topological polar surface area (TPSA) is 85.3 Å². The van der Waals surface area contributed by atoms with Crippen molar-refractivity contribution in [2.75, 3.05) is 18.0 Å². The molecule has 1 aliphatic carbocycles. The molecule has 3 unspecified atom stereocenters. The number of rotatable bonds is 2. The second kappa shape index (κ2) is 5.01. The highest BCUT2D eigenvalue weighted by Crippen LogP contribution is 2.38. The highest BCUT2D eigenvalue weighted by atomic mass is 16.6. The Kier molecular flexibility index (Phi) is 3.33. The van der Waals surface area contributed by atoms with Gasteiger partial charge in [-0.1, -0.05) is 6.42 Å². The van der Waals surface area contributed by atoms with E-state index in [2.05, 4.69) is 9.88 Å². The van der Waals surface area contributed by atoms with Gasteiger partial charge in [0, 0.05) is 25.2 Å². The van der Waals surface area contributed by atoms with Crippen molar-refractivity contribution in [3.8, 4) is 0 Å². The Bertz CT molecular complexity index is 534. The van der Waals surface area contributed by atoms with E-state index in [0.717, 1.165) is 30.9 Å². The quantitative estimate of drug-likeness (QED) is 0.658. The van der Waals surface area contributed by atoms with Crippen LogP contribution < -0.4 is 10.6 Å². The molecule has 2 aliphatic rings. The molecular formula is C14H20N4O2. The Morgan fingerprint density at radius 2 is 2.25 bits per heavy atom. The Labute approximate surface area is 118 Å². The van der Waals surface area contributed by atoms with Gasteiger partial charge in [0.2, 0.25) is 0 Å². The predicted octanol–water partition coefficient (Wildman–Crippen LogP) is 1.86. The summed E-state index contributed by atoms with van der Waals surface area (Å²) >= 11 is 0. The lowest BCUT2D eigenvalue weighted by Gasteiger charge is -2.29. The first-order valence-electron chi connectivity index (χ1n) is 7.18. The molecule has 6 heteroatoms. The smallest absolute Gasteiger partial charge is 0.287 e. The summed E-state index contributed by atoms with van der Waals surface area (Å²) in [5.74, 6) is 2.06. The Hall–Kier alpha value is -1.69. The van der Waals surface area contributed by atoms with E-state index < -0.39 is 4.92 Å². The van der Waals surface area contributed by atoms with Gasteiger partial charge in [-0.15, -0.1) is 0 Å². The maximum atomic E-state index is 10.8. The first kappa shape index (κ1) is 13.3. The average molecular weight is 276 g/mol. The highest BCUT2D eigenvalue weighted by Gasteiger charge is 2.39. The zero-order valence-corrected chi connectivity index (χ0v) is 11.7. The lowest BCUT2D eigenvalue weighted by Crippen LogP contribution is -2.38. The van der Waals surface area contributed by atoms with Crippen molar-refractivity contribution in [3.63, 3.8) is 0 Å². The normalized spacial score (nSPS) is 29.3. The van der Waals surface area contributed by atoms with E-state index in [1.165, 1.54) is 19.0 Å². The maximum Gasteiger partial charge on any atom is 0.287 e. The predicted molar refractivity (Wildman–Crippen MR) is 76.6 cm³/mol. The van der Waals surface area contributed by atoms with Gasteiger partial charge < -0.3 is 10.6 Å². The van der Waals surface area contributed by atoms with Crippen LogP contribution in [0.15, 0.2) is 12.3 Å². The van der Waals surface area contributed by atoms with Crippen LogP contribution in [0.2, 0.25) is 0 Å². The first-order chi connectivity index (χ1) is 9.56. The lowest BCUT2D eigenvalue weighted by atomic mass is 9.78. The van der Waals surface area contributed by atoms with Crippen LogP contribution >= 0.6 is 0 Å². The molecule has 1 saturated carbocycles. The van der Waals surface area contributed by atoms with E-state index in [9.17, 15) is 10.1 Å². The van der Waals surface area contributed by atoms with Crippen LogP contribution in [0.3, 0.4) is 0 Å². The molecule has 1 aliphatic heterocycles. The van der Waals surface area contributed by atoms with Crippen LogP contribution in [0.1, 0.15) is 24.8 Å². The summed E-state index contributed by atoms with van der Waals surface area (Å²) in [5, 5.41) is 10.8. The molecule has 3 atom stereocenters. The van der Waals surface area contributed by atoms with Crippen molar-refractivity contribution in [2.24, 2.45) is 17.6 Å². The van der Waals surface area contributed by atoms with Crippen molar-refractivity contribution < 1.29 is 4.92 Å². The molecule has 108 valence electrons. The number of aryl methyl sites for hydroxylation is 1. The number of hydrogen-bond donors (Lipinski definition) is 1. The molecule has 6 nitrogen and oxygen atoms in total. The van der Waals surface area contributed by atoms with Gasteiger partial charge in [-0.25, -0.2) is 4.98 Å². The minimum absolute atomic E-state index is 0.0552. The van der Waals surface area contributed by atoms with Crippen molar-refractivity contribution in [1.29, 1.82) is 0 Å². The molecule has 1 aromatic rings. The number of nitro groups is 1. The van der Waals surface area contributed by atoms with Crippen molar-refractivity contribution in [2.45, 2.75) is 32.2 Å². The van der Waals surface area contributed by atoms with Gasteiger partial charge in [-0.05, 0) is 37.2 Å². The van der Waals surface area contributed by atoms with E-state index in [1.807, 2.05) is 6.92 Å². The Balaban J connectivity index is 1.82. The second-order valence-electron chi connectivity index (χ2n) is 6.01. The van der Waals surface area contributed by atoms with Crippen molar-refractivity contribution >= 4 is 11.5 Å². The minimum Gasteiger partial charge on any atom is -0.356 e. The van der Waals surface area contributed by atoms with Crippen LogP contribution in [0, 0.1) is 28.9 Å². The number of pyridine rings is 1. The number of nitrogens with two attached hydrogens (primary N) is 1. The fraction of sp³-hybridized carbons (Fsp3) is 0.643. The molecule has 20 heavy (non-hydrogen) atoms. The fourth-order valence-corrected chi connectivity index (χ4v) is 3.67. The summed E-state index contributed by atoms with van der Waals surface area (Å²) in [6, 6.07) is 1.89. The van der Waals surface area contributed by atoms with E-state index in [-0.39, 0.29) is 11.7 Å². The minimum atomic E-state index is -0.399. The van der Waals surface area contributed by atoms with Gasteiger partial charge in [0.1, 0.15) is 12.0 Å². The first-order valence-corrected chi connectivity index (χ1v) is 7.18. The third kappa shape index (κ3) is 2.24. The molecule has 1 saturated heterocycles. The van der Waals surface area contributed by atoms with Crippen LogP contribution in [0.25, 0.3) is 0 Å². The third-order valence-corrected chi connectivity index (χ3v) is 4.70. The highest BCUT2D eigenvalue weighted by molar-refractivity contribution is 5.51. The second-order valence-corrected chi connectivity index (χ2v) is 6.01. The molecule has 0 aromatic carbocycles. The number of anilines is 1. The third-order valence-electron chi connectivity index (χ3n) is 4.70. The molecule has 0 amide bonds. The number of fused-ring (bicyclic) bond motifs is 1. The SMILES string of the molecule is Cc1cc([N+](=O)[O-])cnc1N1CC2CCCC(N)C2C1. The van der Waals surface area contributed by atoms with E-state index >= 15 is 0 Å². The fourth-order valence-electron chi connectivity index (χ4n) is 3.67. The summed E-state index contributed by atoms with van der Waals surface area (Å²) in [5.41, 5.74) is 7.15. The van der Waals surface area contributed by atoms with Crippen LogP contribution in [0.5, 0.6) is 0 Å².